The molecule has 0 aliphatic carbocycles. The molecule has 2 atom stereocenters. The third-order valence-corrected chi connectivity index (χ3v) is 2.01. The van der Waals surface area contributed by atoms with E-state index in [9.17, 15) is 18.0 Å². The Morgan fingerprint density at radius 2 is 2.23 bits per heavy atom. The molecular formula is C7H10F3NO2. The predicted molar refractivity (Wildman–Crippen MR) is 38.0 cm³/mol. The molecule has 1 aliphatic heterocycles. The highest BCUT2D eigenvalue weighted by Gasteiger charge is 2.47. The molecular weight excluding hydrogens is 187 g/mol. The number of methoxy groups -OCH3 is 1. The number of nitrogens with one attached hydrogen (secondary N) is 1. The van der Waals surface area contributed by atoms with Crippen molar-refractivity contribution in [2.45, 2.75) is 18.7 Å². The highest BCUT2D eigenvalue weighted by molar-refractivity contribution is 5.78. The number of hydrogen-bond acceptors (Lipinski definition) is 2. The number of alkyl halides is 3. The Morgan fingerprint density at radius 3 is 2.54 bits per heavy atom. The number of ether oxygens (including phenoxy) is 1. The van der Waals surface area contributed by atoms with E-state index >= 15 is 0 Å². The summed E-state index contributed by atoms with van der Waals surface area (Å²) in [5.41, 5.74) is 0. The number of rotatable bonds is 2. The first-order chi connectivity index (χ1) is 5.95. The van der Waals surface area contributed by atoms with Crippen LogP contribution in [0, 0.1) is 5.92 Å². The Kier molecular flexibility index (Phi) is 2.80. The fourth-order valence-corrected chi connectivity index (χ4v) is 1.43. The first-order valence-electron chi connectivity index (χ1n) is 3.81. The molecule has 0 unspecified atom stereocenters. The van der Waals surface area contributed by atoms with Crippen LogP contribution in [0.4, 0.5) is 13.2 Å². The van der Waals surface area contributed by atoms with Crippen LogP contribution in [0.1, 0.15) is 6.42 Å². The number of hydrogen-bond donors (Lipinski definition) is 1. The molecule has 0 aromatic carbocycles. The standard InChI is InChI=1S/C7H10F3NO2/c1-13-6(7(8,9)10)4-2-5(12)11-3-4/h4,6H,2-3H2,1H3,(H,11,12)/t4-,6+/m1/s1. The van der Waals surface area contributed by atoms with Gasteiger partial charge in [-0.3, -0.25) is 4.79 Å². The molecule has 6 heteroatoms. The minimum absolute atomic E-state index is 0.0385. The lowest BCUT2D eigenvalue weighted by Gasteiger charge is -2.22. The fraction of sp³-hybridized carbons (Fsp3) is 0.857. The first-order valence-corrected chi connectivity index (χ1v) is 3.81. The van der Waals surface area contributed by atoms with E-state index in [2.05, 4.69) is 10.1 Å². The lowest BCUT2D eigenvalue weighted by atomic mass is 10.0. The van der Waals surface area contributed by atoms with Crippen molar-refractivity contribution in [1.29, 1.82) is 0 Å². The van der Waals surface area contributed by atoms with Crippen molar-refractivity contribution >= 4 is 5.91 Å². The number of amides is 1. The molecule has 1 fully saturated rings. The number of carbonyl (C=O) groups is 1. The second-order valence-electron chi connectivity index (χ2n) is 2.97. The zero-order valence-corrected chi connectivity index (χ0v) is 7.02. The van der Waals surface area contributed by atoms with E-state index in [1.165, 1.54) is 0 Å². The van der Waals surface area contributed by atoms with E-state index < -0.39 is 18.2 Å². The van der Waals surface area contributed by atoms with Crippen molar-refractivity contribution in [3.8, 4) is 0 Å². The number of carbonyl (C=O) groups excluding carboxylic acids is 1. The molecule has 1 rings (SSSR count). The summed E-state index contributed by atoms with van der Waals surface area (Å²) in [5.74, 6) is -1.14. The topological polar surface area (TPSA) is 38.3 Å². The van der Waals surface area contributed by atoms with Gasteiger partial charge >= 0.3 is 6.18 Å². The Balaban J connectivity index is 2.62. The second-order valence-corrected chi connectivity index (χ2v) is 2.97. The summed E-state index contributed by atoms with van der Waals surface area (Å²) in [6.07, 6.45) is -6.35. The van der Waals surface area contributed by atoms with Crippen LogP contribution in [0.25, 0.3) is 0 Å². The van der Waals surface area contributed by atoms with Crippen LogP contribution in [-0.2, 0) is 9.53 Å². The van der Waals surface area contributed by atoms with E-state index in [-0.39, 0.29) is 18.9 Å². The Labute approximate surface area is 73.2 Å². The summed E-state index contributed by atoms with van der Waals surface area (Å²) in [7, 11) is 1.00. The highest BCUT2D eigenvalue weighted by Crippen LogP contribution is 2.31. The zero-order chi connectivity index (χ0) is 10.1. The highest BCUT2D eigenvalue weighted by atomic mass is 19.4. The van der Waals surface area contributed by atoms with E-state index in [1.807, 2.05) is 0 Å². The van der Waals surface area contributed by atoms with Gasteiger partial charge in [-0.15, -0.1) is 0 Å². The maximum absolute atomic E-state index is 12.2. The quantitative estimate of drug-likeness (QED) is 0.707. The summed E-state index contributed by atoms with van der Waals surface area (Å²) in [5, 5.41) is 2.34. The summed E-state index contributed by atoms with van der Waals surface area (Å²) in [6.45, 7) is 0.0385. The molecule has 1 amide bonds. The Morgan fingerprint density at radius 1 is 1.62 bits per heavy atom. The van der Waals surface area contributed by atoms with Crippen molar-refractivity contribution in [3.63, 3.8) is 0 Å². The monoisotopic (exact) mass is 197 g/mol. The molecule has 1 aliphatic rings. The second kappa shape index (κ2) is 3.53. The van der Waals surface area contributed by atoms with Crippen molar-refractivity contribution in [1.82, 2.24) is 5.32 Å². The molecule has 0 aromatic rings. The molecule has 1 heterocycles. The normalized spacial score (nSPS) is 25.8. The predicted octanol–water partition coefficient (Wildman–Crippen LogP) is 0.700. The number of halogens is 3. The van der Waals surface area contributed by atoms with Crippen LogP contribution < -0.4 is 5.32 Å². The molecule has 13 heavy (non-hydrogen) atoms. The summed E-state index contributed by atoms with van der Waals surface area (Å²) < 4.78 is 41.0. The van der Waals surface area contributed by atoms with E-state index in [0.29, 0.717) is 0 Å². The lowest BCUT2D eigenvalue weighted by molar-refractivity contribution is -0.226. The average molecular weight is 197 g/mol. The third-order valence-electron chi connectivity index (χ3n) is 2.01. The smallest absolute Gasteiger partial charge is 0.372 e. The van der Waals surface area contributed by atoms with Crippen LogP contribution in [-0.4, -0.2) is 31.8 Å². The van der Waals surface area contributed by atoms with E-state index in [4.69, 9.17) is 0 Å². The van der Waals surface area contributed by atoms with Crippen molar-refractivity contribution in [3.05, 3.63) is 0 Å². The van der Waals surface area contributed by atoms with Crippen LogP contribution >= 0.6 is 0 Å². The maximum atomic E-state index is 12.2. The van der Waals surface area contributed by atoms with Gasteiger partial charge < -0.3 is 10.1 Å². The Bertz CT molecular complexity index is 204. The van der Waals surface area contributed by atoms with Gasteiger partial charge in [0.1, 0.15) is 0 Å². The summed E-state index contributed by atoms with van der Waals surface area (Å²) >= 11 is 0. The van der Waals surface area contributed by atoms with Crippen LogP contribution in [0.5, 0.6) is 0 Å². The molecule has 1 N–H and O–H groups in total. The van der Waals surface area contributed by atoms with Gasteiger partial charge in [-0.25, -0.2) is 0 Å². The maximum Gasteiger partial charge on any atom is 0.414 e. The third kappa shape index (κ3) is 2.33. The van der Waals surface area contributed by atoms with Crippen LogP contribution in [0.2, 0.25) is 0 Å². The molecule has 0 saturated carbocycles. The van der Waals surface area contributed by atoms with Gasteiger partial charge in [0.25, 0.3) is 0 Å². The van der Waals surface area contributed by atoms with E-state index in [0.717, 1.165) is 7.11 Å². The lowest BCUT2D eigenvalue weighted by Crippen LogP contribution is -2.38. The first kappa shape index (κ1) is 10.3. The minimum Gasteiger partial charge on any atom is -0.372 e. The van der Waals surface area contributed by atoms with Gasteiger partial charge in [-0.2, -0.15) is 13.2 Å². The molecule has 0 aromatic heterocycles. The van der Waals surface area contributed by atoms with Gasteiger partial charge in [0, 0.05) is 26.0 Å². The summed E-state index contributed by atoms with van der Waals surface area (Å²) in [6, 6.07) is 0. The average Bonchev–Trinajstić information content (AvgIpc) is 2.34. The van der Waals surface area contributed by atoms with Gasteiger partial charge in [0.15, 0.2) is 6.10 Å². The van der Waals surface area contributed by atoms with Gasteiger partial charge in [0.2, 0.25) is 5.91 Å². The fourth-order valence-electron chi connectivity index (χ4n) is 1.43. The Hall–Kier alpha value is -0.780. The molecule has 76 valence electrons. The molecule has 0 spiro atoms. The van der Waals surface area contributed by atoms with Crippen LogP contribution in [0.15, 0.2) is 0 Å². The van der Waals surface area contributed by atoms with Crippen molar-refractivity contribution < 1.29 is 22.7 Å². The molecule has 3 nitrogen and oxygen atoms in total. The zero-order valence-electron chi connectivity index (χ0n) is 7.02. The summed E-state index contributed by atoms with van der Waals surface area (Å²) in [4.78, 5) is 10.7. The molecule has 0 bridgehead atoms. The largest absolute Gasteiger partial charge is 0.414 e. The SMILES string of the molecule is CO[C@@H]([C@H]1CNC(=O)C1)C(F)(F)F. The van der Waals surface area contributed by atoms with Gasteiger partial charge in [0.05, 0.1) is 0 Å². The van der Waals surface area contributed by atoms with Gasteiger partial charge in [-0.1, -0.05) is 0 Å². The van der Waals surface area contributed by atoms with Crippen molar-refractivity contribution in [2.24, 2.45) is 5.92 Å². The van der Waals surface area contributed by atoms with E-state index in [1.54, 1.807) is 0 Å². The molecule has 1 saturated heterocycles. The molecule has 0 radical (unpaired) electrons. The van der Waals surface area contributed by atoms with Gasteiger partial charge in [-0.05, 0) is 0 Å². The minimum atomic E-state index is -4.40. The van der Waals surface area contributed by atoms with Crippen molar-refractivity contribution in [2.75, 3.05) is 13.7 Å². The van der Waals surface area contributed by atoms with Crippen LogP contribution in [0.3, 0.4) is 0 Å².